The van der Waals surface area contributed by atoms with Gasteiger partial charge in [-0.1, -0.05) is 12.1 Å². The summed E-state index contributed by atoms with van der Waals surface area (Å²) in [7, 11) is 1.92. The molecule has 2 atom stereocenters. The van der Waals surface area contributed by atoms with Crippen LogP contribution >= 0.6 is 35.1 Å². The predicted octanol–water partition coefficient (Wildman–Crippen LogP) is 3.50. The number of nitrogens with one attached hydrogen (secondary N) is 1. The lowest BCUT2D eigenvalue weighted by molar-refractivity contribution is -0.136. The molecule has 1 saturated heterocycles. The molecule has 0 aromatic carbocycles. The molecule has 27 heavy (non-hydrogen) atoms. The highest BCUT2D eigenvalue weighted by Crippen LogP contribution is 2.31. The molecule has 1 N–H and O–H groups in total. The number of nitrogens with zero attached hydrogens (tertiary/aromatic N) is 3. The van der Waals surface area contributed by atoms with Crippen LogP contribution in [0.4, 0.5) is 0 Å². The van der Waals surface area contributed by atoms with Crippen molar-refractivity contribution in [3.8, 4) is 0 Å². The highest BCUT2D eigenvalue weighted by atomic mass is 35.5. The number of carbonyl (C=O) groups excluding carboxylic acids is 1. The Morgan fingerprint density at radius 3 is 2.41 bits per heavy atom. The van der Waals surface area contributed by atoms with E-state index >= 15 is 0 Å². The van der Waals surface area contributed by atoms with Gasteiger partial charge in [-0.15, -0.1) is 35.1 Å². The van der Waals surface area contributed by atoms with Crippen molar-refractivity contribution in [3.05, 3.63) is 62.7 Å². The van der Waals surface area contributed by atoms with Crippen LogP contribution in [0.15, 0.2) is 47.4 Å². The monoisotopic (exact) mass is 422 g/mol. The fourth-order valence-electron chi connectivity index (χ4n) is 3.55. The van der Waals surface area contributed by atoms with Crippen LogP contribution in [0.1, 0.15) is 21.2 Å². The lowest BCUT2D eigenvalue weighted by Crippen LogP contribution is -2.37. The van der Waals surface area contributed by atoms with Crippen LogP contribution in [0.25, 0.3) is 0 Å². The molecule has 1 aliphatic rings. The second kappa shape index (κ2) is 9.01. The van der Waals surface area contributed by atoms with Crippen LogP contribution in [0.3, 0.4) is 0 Å². The summed E-state index contributed by atoms with van der Waals surface area (Å²) in [6.07, 6.45) is 3.92. The molecule has 5 nitrogen and oxygen atoms in total. The van der Waals surface area contributed by atoms with Crippen LogP contribution in [0.2, 0.25) is 0 Å². The minimum Gasteiger partial charge on any atom is -0.332 e. The summed E-state index contributed by atoms with van der Waals surface area (Å²) in [5.74, 6) is 0.371. The third-order valence-electron chi connectivity index (χ3n) is 4.85. The molecule has 1 fully saturated rings. The van der Waals surface area contributed by atoms with Crippen LogP contribution in [0, 0.1) is 5.92 Å². The molecule has 3 aromatic heterocycles. The Hall–Kier alpha value is -1.67. The molecule has 0 unspecified atom stereocenters. The number of rotatable bonds is 6. The molecule has 0 saturated carbocycles. The summed E-state index contributed by atoms with van der Waals surface area (Å²) in [6, 6.07) is 8.29. The summed E-state index contributed by atoms with van der Waals surface area (Å²) in [4.78, 5) is 17.9. The highest BCUT2D eigenvalue weighted by molar-refractivity contribution is 7.10. The van der Waals surface area contributed by atoms with Gasteiger partial charge >= 0.3 is 0 Å². The van der Waals surface area contributed by atoms with Gasteiger partial charge < -0.3 is 10.2 Å². The van der Waals surface area contributed by atoms with Gasteiger partial charge in [0.15, 0.2) is 0 Å². The van der Waals surface area contributed by atoms with E-state index in [1.54, 1.807) is 22.7 Å². The van der Waals surface area contributed by atoms with Crippen LogP contribution in [0.5, 0.6) is 0 Å². The average molecular weight is 423 g/mol. The molecule has 0 aliphatic carbocycles. The SMILES string of the molecule is Cl.Cn1cc([C@H]2CNC[C@@H]2C(=O)N(Cc2cccs2)Cc2cccs2)cn1. The second-order valence-electron chi connectivity index (χ2n) is 6.67. The Kier molecular flexibility index (Phi) is 6.70. The van der Waals surface area contributed by atoms with E-state index in [9.17, 15) is 4.79 Å². The third-order valence-corrected chi connectivity index (χ3v) is 6.57. The van der Waals surface area contributed by atoms with Gasteiger partial charge in [0, 0.05) is 42.0 Å². The maximum Gasteiger partial charge on any atom is 0.228 e. The Bertz CT molecular complexity index is 811. The van der Waals surface area contributed by atoms with Gasteiger partial charge in [0.25, 0.3) is 0 Å². The Labute approximate surface area is 173 Å². The van der Waals surface area contributed by atoms with Crippen molar-refractivity contribution < 1.29 is 4.79 Å². The van der Waals surface area contributed by atoms with Crippen molar-refractivity contribution in [3.63, 3.8) is 0 Å². The van der Waals surface area contributed by atoms with Gasteiger partial charge in [-0.05, 0) is 28.5 Å². The van der Waals surface area contributed by atoms with Crippen molar-refractivity contribution in [2.24, 2.45) is 13.0 Å². The number of carbonyl (C=O) groups is 1. The lowest BCUT2D eigenvalue weighted by atomic mass is 9.89. The Morgan fingerprint density at radius 2 is 1.89 bits per heavy atom. The van der Waals surface area contributed by atoms with Gasteiger partial charge in [0.1, 0.15) is 0 Å². The molecule has 0 spiro atoms. The van der Waals surface area contributed by atoms with Crippen LogP contribution in [-0.4, -0.2) is 33.7 Å². The zero-order valence-electron chi connectivity index (χ0n) is 15.1. The third kappa shape index (κ3) is 4.60. The fourth-order valence-corrected chi connectivity index (χ4v) is 4.99. The van der Waals surface area contributed by atoms with Crippen LogP contribution in [-0.2, 0) is 24.9 Å². The zero-order chi connectivity index (χ0) is 17.9. The predicted molar refractivity (Wildman–Crippen MR) is 112 cm³/mol. The number of hydrogen-bond acceptors (Lipinski definition) is 5. The summed E-state index contributed by atoms with van der Waals surface area (Å²) in [5.41, 5.74) is 1.14. The molecule has 144 valence electrons. The van der Waals surface area contributed by atoms with Gasteiger partial charge in [-0.3, -0.25) is 9.48 Å². The number of amides is 1. The van der Waals surface area contributed by atoms with Gasteiger partial charge in [0.2, 0.25) is 5.91 Å². The van der Waals surface area contributed by atoms with E-state index in [1.165, 1.54) is 9.75 Å². The van der Waals surface area contributed by atoms with Crippen molar-refractivity contribution in [2.45, 2.75) is 19.0 Å². The number of halogens is 1. The smallest absolute Gasteiger partial charge is 0.228 e. The Balaban J connectivity index is 0.00000210. The first kappa shape index (κ1) is 20.1. The number of hydrogen-bond donors (Lipinski definition) is 1. The van der Waals surface area contributed by atoms with Gasteiger partial charge in [-0.25, -0.2) is 0 Å². The standard InChI is InChI=1S/C19H22N4OS2.ClH/c1-22-11-14(8-21-22)17-9-20-10-18(17)19(24)23(12-15-4-2-6-25-15)13-16-5-3-7-26-16;/h2-8,11,17-18,20H,9-10,12-13H2,1H3;1H/t17-,18+;/m1./s1. The topological polar surface area (TPSA) is 50.2 Å². The summed E-state index contributed by atoms with van der Waals surface area (Å²) in [5, 5.41) is 11.8. The van der Waals surface area contributed by atoms with E-state index < -0.39 is 0 Å². The van der Waals surface area contributed by atoms with Crippen molar-refractivity contribution in [1.29, 1.82) is 0 Å². The van der Waals surface area contributed by atoms with E-state index in [0.29, 0.717) is 13.1 Å². The second-order valence-corrected chi connectivity index (χ2v) is 8.74. The number of thiophene rings is 2. The number of aryl methyl sites for hydroxylation is 1. The fraction of sp³-hybridized carbons (Fsp3) is 0.368. The largest absolute Gasteiger partial charge is 0.332 e. The van der Waals surface area contributed by atoms with Crippen molar-refractivity contribution in [2.75, 3.05) is 13.1 Å². The van der Waals surface area contributed by atoms with E-state index in [1.807, 2.05) is 41.2 Å². The molecular formula is C19H23ClN4OS2. The van der Waals surface area contributed by atoms with Crippen LogP contribution < -0.4 is 5.32 Å². The van der Waals surface area contributed by atoms with Crippen molar-refractivity contribution in [1.82, 2.24) is 20.0 Å². The lowest BCUT2D eigenvalue weighted by Gasteiger charge is -2.27. The minimum absolute atomic E-state index is 0. The molecule has 0 radical (unpaired) electrons. The maximum absolute atomic E-state index is 13.5. The summed E-state index contributed by atoms with van der Waals surface area (Å²) in [6.45, 7) is 2.90. The highest BCUT2D eigenvalue weighted by Gasteiger charge is 2.37. The molecule has 8 heteroatoms. The first-order valence-corrected chi connectivity index (χ1v) is 10.5. The van der Waals surface area contributed by atoms with Gasteiger partial charge in [-0.2, -0.15) is 5.10 Å². The molecule has 3 aromatic rings. The molecular weight excluding hydrogens is 400 g/mol. The quantitative estimate of drug-likeness (QED) is 0.661. The summed E-state index contributed by atoms with van der Waals surface area (Å²) >= 11 is 3.41. The maximum atomic E-state index is 13.5. The first-order chi connectivity index (χ1) is 12.7. The molecule has 4 rings (SSSR count). The minimum atomic E-state index is -0.0425. The summed E-state index contributed by atoms with van der Waals surface area (Å²) < 4.78 is 1.81. The van der Waals surface area contributed by atoms with Gasteiger partial charge in [0.05, 0.1) is 25.2 Å². The molecule has 4 heterocycles. The van der Waals surface area contributed by atoms with E-state index in [2.05, 4.69) is 33.3 Å². The zero-order valence-corrected chi connectivity index (χ0v) is 17.5. The van der Waals surface area contributed by atoms with Crippen molar-refractivity contribution >= 4 is 41.0 Å². The first-order valence-electron chi connectivity index (χ1n) is 8.73. The number of aromatic nitrogens is 2. The van der Waals surface area contributed by atoms with E-state index in [4.69, 9.17) is 0 Å². The van der Waals surface area contributed by atoms with E-state index in [0.717, 1.165) is 18.7 Å². The van der Waals surface area contributed by atoms with E-state index in [-0.39, 0.29) is 30.2 Å². The normalized spacial score (nSPS) is 19.0. The molecule has 1 aliphatic heterocycles. The molecule has 0 bridgehead atoms. The Morgan fingerprint density at radius 1 is 1.22 bits per heavy atom. The average Bonchev–Trinajstić information content (AvgIpc) is 3.41. The molecule has 1 amide bonds.